The van der Waals surface area contributed by atoms with Gasteiger partial charge in [0.2, 0.25) is 0 Å². The third kappa shape index (κ3) is 3.32. The van der Waals surface area contributed by atoms with Crippen molar-refractivity contribution in [2.75, 3.05) is 6.61 Å². The highest BCUT2D eigenvalue weighted by Gasteiger charge is 2.17. The number of thiophene rings is 1. The van der Waals surface area contributed by atoms with E-state index in [0.717, 1.165) is 21.6 Å². The molecule has 116 valence electrons. The van der Waals surface area contributed by atoms with Crippen LogP contribution < -0.4 is 0 Å². The number of ether oxygens (including phenoxy) is 1. The maximum Gasteiger partial charge on any atom is 0.348 e. The second-order valence-electron chi connectivity index (χ2n) is 4.95. The first-order valence-electron chi connectivity index (χ1n) is 7.31. The first kappa shape index (κ1) is 15.4. The van der Waals surface area contributed by atoms with Gasteiger partial charge in [0.1, 0.15) is 10.7 Å². The van der Waals surface area contributed by atoms with Gasteiger partial charge in [0, 0.05) is 10.4 Å². The predicted octanol–water partition coefficient (Wildman–Crippen LogP) is 5.40. The van der Waals surface area contributed by atoms with Crippen molar-refractivity contribution in [3.05, 3.63) is 71.4 Å². The summed E-state index contributed by atoms with van der Waals surface area (Å²) in [7, 11) is 0. The summed E-state index contributed by atoms with van der Waals surface area (Å²) < 4.78 is 18.3. The van der Waals surface area contributed by atoms with Gasteiger partial charge in [-0.1, -0.05) is 42.5 Å². The first-order valence-corrected chi connectivity index (χ1v) is 8.13. The Morgan fingerprint density at radius 3 is 2.39 bits per heavy atom. The Hall–Kier alpha value is -2.46. The number of hydrogen-bond acceptors (Lipinski definition) is 3. The lowest BCUT2D eigenvalue weighted by atomic mass is 10.0. The van der Waals surface area contributed by atoms with E-state index in [9.17, 15) is 9.18 Å². The summed E-state index contributed by atoms with van der Waals surface area (Å²) in [6.45, 7) is 2.12. The molecule has 0 saturated heterocycles. The van der Waals surface area contributed by atoms with E-state index in [2.05, 4.69) is 0 Å². The molecule has 2 nitrogen and oxygen atoms in total. The molecule has 0 N–H and O–H groups in total. The van der Waals surface area contributed by atoms with Crippen LogP contribution in [-0.4, -0.2) is 12.6 Å². The third-order valence-corrected chi connectivity index (χ3v) is 4.56. The molecule has 0 aliphatic carbocycles. The number of carbonyl (C=O) groups excluding carboxylic acids is 1. The van der Waals surface area contributed by atoms with E-state index in [0.29, 0.717) is 11.5 Å². The van der Waals surface area contributed by atoms with Crippen LogP contribution in [0.3, 0.4) is 0 Å². The minimum Gasteiger partial charge on any atom is -0.462 e. The maximum atomic E-state index is 13.2. The molecule has 3 aromatic rings. The summed E-state index contributed by atoms with van der Waals surface area (Å²) in [4.78, 5) is 13.5. The Kier molecular flexibility index (Phi) is 4.53. The summed E-state index contributed by atoms with van der Waals surface area (Å²) in [5.41, 5.74) is 2.84. The first-order chi connectivity index (χ1) is 11.2. The maximum absolute atomic E-state index is 13.2. The molecular weight excluding hydrogens is 311 g/mol. The molecule has 0 aliphatic rings. The minimum absolute atomic E-state index is 0.280. The summed E-state index contributed by atoms with van der Waals surface area (Å²) in [5, 5.41) is 0. The normalized spacial score (nSPS) is 10.5. The van der Waals surface area contributed by atoms with Crippen molar-refractivity contribution in [2.24, 2.45) is 0 Å². The molecule has 3 rings (SSSR count). The summed E-state index contributed by atoms with van der Waals surface area (Å²) >= 11 is 1.36. The van der Waals surface area contributed by atoms with E-state index in [-0.39, 0.29) is 11.8 Å². The third-order valence-electron chi connectivity index (χ3n) is 3.40. The van der Waals surface area contributed by atoms with Crippen molar-refractivity contribution < 1.29 is 13.9 Å². The van der Waals surface area contributed by atoms with E-state index in [1.807, 2.05) is 36.4 Å². The van der Waals surface area contributed by atoms with Crippen LogP contribution in [0.25, 0.3) is 21.6 Å². The highest BCUT2D eigenvalue weighted by molar-refractivity contribution is 7.18. The van der Waals surface area contributed by atoms with Gasteiger partial charge in [-0.2, -0.15) is 0 Å². The fourth-order valence-corrected chi connectivity index (χ4v) is 3.42. The van der Waals surface area contributed by atoms with Crippen LogP contribution in [0.5, 0.6) is 0 Å². The van der Waals surface area contributed by atoms with Crippen molar-refractivity contribution in [3.8, 4) is 21.6 Å². The average molecular weight is 326 g/mol. The van der Waals surface area contributed by atoms with Gasteiger partial charge in [0.05, 0.1) is 6.61 Å². The van der Waals surface area contributed by atoms with Gasteiger partial charge in [0.15, 0.2) is 0 Å². The smallest absolute Gasteiger partial charge is 0.348 e. The highest BCUT2D eigenvalue weighted by Crippen LogP contribution is 2.39. The van der Waals surface area contributed by atoms with E-state index >= 15 is 0 Å². The molecule has 2 aromatic carbocycles. The Bertz CT molecular complexity index is 807. The fraction of sp³-hybridized carbons (Fsp3) is 0.105. The van der Waals surface area contributed by atoms with Crippen LogP contribution in [0.2, 0.25) is 0 Å². The molecule has 0 fully saturated rings. The van der Waals surface area contributed by atoms with E-state index in [1.165, 1.54) is 23.5 Å². The van der Waals surface area contributed by atoms with Crippen molar-refractivity contribution in [3.63, 3.8) is 0 Å². The van der Waals surface area contributed by atoms with Crippen LogP contribution >= 0.6 is 11.3 Å². The molecule has 4 heteroatoms. The summed E-state index contributed by atoms with van der Waals surface area (Å²) in [6.07, 6.45) is 0. The Balaban J connectivity index is 2.12. The summed E-state index contributed by atoms with van der Waals surface area (Å²) in [5.74, 6) is -0.611. The van der Waals surface area contributed by atoms with Crippen LogP contribution in [0.4, 0.5) is 4.39 Å². The average Bonchev–Trinajstić information content (AvgIpc) is 3.02. The molecule has 0 atom stereocenters. The number of hydrogen-bond donors (Lipinski definition) is 0. The number of rotatable bonds is 4. The lowest BCUT2D eigenvalue weighted by Crippen LogP contribution is -2.01. The minimum atomic E-state index is -0.331. The lowest BCUT2D eigenvalue weighted by molar-refractivity contribution is 0.0532. The van der Waals surface area contributed by atoms with Crippen LogP contribution in [0.1, 0.15) is 16.6 Å². The van der Waals surface area contributed by atoms with Gasteiger partial charge < -0.3 is 4.74 Å². The Labute approximate surface area is 138 Å². The largest absolute Gasteiger partial charge is 0.462 e. The molecule has 23 heavy (non-hydrogen) atoms. The van der Waals surface area contributed by atoms with Gasteiger partial charge in [0.25, 0.3) is 0 Å². The number of benzene rings is 2. The van der Waals surface area contributed by atoms with Gasteiger partial charge in [-0.15, -0.1) is 11.3 Å². The van der Waals surface area contributed by atoms with Crippen LogP contribution in [-0.2, 0) is 4.74 Å². The number of esters is 1. The van der Waals surface area contributed by atoms with E-state index in [4.69, 9.17) is 4.74 Å². The quantitative estimate of drug-likeness (QED) is 0.600. The SMILES string of the molecule is CCOC(=O)c1cc(-c2ccccc2)c(-c2ccc(F)cc2)s1. The molecule has 1 heterocycles. The van der Waals surface area contributed by atoms with Crippen molar-refractivity contribution >= 4 is 17.3 Å². The number of carbonyl (C=O) groups is 1. The zero-order valence-corrected chi connectivity index (χ0v) is 13.4. The van der Waals surface area contributed by atoms with Crippen molar-refractivity contribution in [1.82, 2.24) is 0 Å². The lowest BCUT2D eigenvalue weighted by Gasteiger charge is -2.04. The zero-order chi connectivity index (χ0) is 16.2. The standard InChI is InChI=1S/C19H15FO2S/c1-2-22-19(21)17-12-16(13-6-4-3-5-7-13)18(23-17)14-8-10-15(20)11-9-14/h3-12H,2H2,1H3. The molecular formula is C19H15FO2S. The van der Waals surface area contributed by atoms with Gasteiger partial charge in [-0.3, -0.25) is 0 Å². The van der Waals surface area contributed by atoms with E-state index in [1.54, 1.807) is 19.1 Å². The Morgan fingerprint density at radius 1 is 1.04 bits per heavy atom. The van der Waals surface area contributed by atoms with Crippen LogP contribution in [0.15, 0.2) is 60.7 Å². The Morgan fingerprint density at radius 2 is 1.74 bits per heavy atom. The molecule has 1 aromatic heterocycles. The highest BCUT2D eigenvalue weighted by atomic mass is 32.1. The monoisotopic (exact) mass is 326 g/mol. The second kappa shape index (κ2) is 6.75. The van der Waals surface area contributed by atoms with Gasteiger partial charge in [-0.05, 0) is 36.2 Å². The number of halogens is 1. The topological polar surface area (TPSA) is 26.3 Å². The molecule has 0 amide bonds. The van der Waals surface area contributed by atoms with Gasteiger partial charge in [-0.25, -0.2) is 9.18 Å². The van der Waals surface area contributed by atoms with Gasteiger partial charge >= 0.3 is 5.97 Å². The van der Waals surface area contributed by atoms with Crippen LogP contribution in [0, 0.1) is 5.82 Å². The molecule has 0 radical (unpaired) electrons. The second-order valence-corrected chi connectivity index (χ2v) is 6.00. The zero-order valence-electron chi connectivity index (χ0n) is 12.6. The van der Waals surface area contributed by atoms with Crippen molar-refractivity contribution in [1.29, 1.82) is 0 Å². The molecule has 0 bridgehead atoms. The molecule has 0 spiro atoms. The molecule has 0 saturated carbocycles. The summed E-state index contributed by atoms with van der Waals surface area (Å²) in [6, 6.07) is 18.0. The molecule has 0 aliphatic heterocycles. The van der Waals surface area contributed by atoms with Crippen molar-refractivity contribution in [2.45, 2.75) is 6.92 Å². The predicted molar refractivity (Wildman–Crippen MR) is 91.1 cm³/mol. The fourth-order valence-electron chi connectivity index (χ4n) is 2.34. The van der Waals surface area contributed by atoms with E-state index < -0.39 is 0 Å². The molecule has 0 unspecified atom stereocenters.